The average molecular weight is 294 g/mol. The summed E-state index contributed by atoms with van der Waals surface area (Å²) in [5.41, 5.74) is -0.113. The lowest BCUT2D eigenvalue weighted by Gasteiger charge is -2.15. The molecule has 112 valence electrons. The Kier molecular flexibility index (Phi) is 3.96. The van der Waals surface area contributed by atoms with Crippen molar-refractivity contribution in [3.05, 3.63) is 16.6 Å². The van der Waals surface area contributed by atoms with E-state index in [2.05, 4.69) is 25.5 Å². The molecule has 0 saturated carbocycles. The Morgan fingerprint density at radius 3 is 2.81 bits per heavy atom. The van der Waals surface area contributed by atoms with Gasteiger partial charge in [-0.1, -0.05) is 5.21 Å². The molecule has 0 aliphatic heterocycles. The van der Waals surface area contributed by atoms with Gasteiger partial charge >= 0.3 is 5.97 Å². The van der Waals surface area contributed by atoms with E-state index >= 15 is 0 Å². The SMILES string of the molecule is COC(=O)C(Cn1nnc2c(cnn2C)c1=O)NC(C)=O. The van der Waals surface area contributed by atoms with Crippen LogP contribution in [0.3, 0.4) is 0 Å². The third kappa shape index (κ3) is 2.88. The van der Waals surface area contributed by atoms with Gasteiger partial charge in [-0.2, -0.15) is 5.10 Å². The van der Waals surface area contributed by atoms with Gasteiger partial charge in [0.25, 0.3) is 5.56 Å². The van der Waals surface area contributed by atoms with Crippen LogP contribution in [0.4, 0.5) is 0 Å². The number of carbonyl (C=O) groups excluding carboxylic acids is 2. The van der Waals surface area contributed by atoms with E-state index < -0.39 is 23.5 Å². The standard InChI is InChI=1S/C11H14N6O4/c1-6(18)13-8(11(20)21-3)5-17-10(19)7-4-12-16(2)9(7)14-15-17/h4,8H,5H2,1-3H3,(H,13,18). The zero-order valence-electron chi connectivity index (χ0n) is 11.7. The largest absolute Gasteiger partial charge is 0.467 e. The Bertz CT molecular complexity index is 749. The molecular weight excluding hydrogens is 280 g/mol. The van der Waals surface area contributed by atoms with E-state index in [9.17, 15) is 14.4 Å². The van der Waals surface area contributed by atoms with E-state index in [0.29, 0.717) is 5.65 Å². The third-order valence-electron chi connectivity index (χ3n) is 2.84. The third-order valence-corrected chi connectivity index (χ3v) is 2.84. The normalized spacial score (nSPS) is 12.1. The van der Waals surface area contributed by atoms with Crippen LogP contribution >= 0.6 is 0 Å². The van der Waals surface area contributed by atoms with Crippen molar-refractivity contribution >= 4 is 22.9 Å². The molecule has 0 spiro atoms. The van der Waals surface area contributed by atoms with Crippen molar-refractivity contribution < 1.29 is 14.3 Å². The molecule has 1 atom stereocenters. The van der Waals surface area contributed by atoms with Crippen molar-refractivity contribution in [3.8, 4) is 0 Å². The first kappa shape index (κ1) is 14.6. The van der Waals surface area contributed by atoms with Crippen molar-refractivity contribution in [2.45, 2.75) is 19.5 Å². The van der Waals surface area contributed by atoms with Crippen molar-refractivity contribution in [2.24, 2.45) is 7.05 Å². The van der Waals surface area contributed by atoms with Gasteiger partial charge in [0, 0.05) is 14.0 Å². The summed E-state index contributed by atoms with van der Waals surface area (Å²) in [5.74, 6) is -1.10. The summed E-state index contributed by atoms with van der Waals surface area (Å²) in [5, 5.41) is 14.2. The summed E-state index contributed by atoms with van der Waals surface area (Å²) in [4.78, 5) is 34.9. The molecule has 10 nitrogen and oxygen atoms in total. The molecule has 0 aromatic carbocycles. The smallest absolute Gasteiger partial charge is 0.330 e. The highest BCUT2D eigenvalue weighted by Crippen LogP contribution is 2.02. The molecule has 0 radical (unpaired) electrons. The second-order valence-electron chi connectivity index (χ2n) is 4.36. The predicted octanol–water partition coefficient (Wildman–Crippen LogP) is -1.80. The molecule has 1 unspecified atom stereocenters. The van der Waals surface area contributed by atoms with Crippen molar-refractivity contribution in [1.29, 1.82) is 0 Å². The van der Waals surface area contributed by atoms with Crippen LogP contribution in [-0.2, 0) is 27.9 Å². The molecule has 0 saturated heterocycles. The van der Waals surface area contributed by atoms with Crippen LogP contribution in [0.25, 0.3) is 11.0 Å². The van der Waals surface area contributed by atoms with Crippen molar-refractivity contribution in [3.63, 3.8) is 0 Å². The van der Waals surface area contributed by atoms with E-state index in [1.54, 1.807) is 7.05 Å². The molecule has 1 N–H and O–H groups in total. The summed E-state index contributed by atoms with van der Waals surface area (Å²) in [7, 11) is 2.82. The summed E-state index contributed by atoms with van der Waals surface area (Å²) in [6.45, 7) is 1.08. The number of hydrogen-bond donors (Lipinski definition) is 1. The molecule has 1 amide bonds. The van der Waals surface area contributed by atoms with Gasteiger partial charge in [0.15, 0.2) is 5.65 Å². The fraction of sp³-hybridized carbons (Fsp3) is 0.455. The first-order valence-electron chi connectivity index (χ1n) is 6.04. The van der Waals surface area contributed by atoms with Gasteiger partial charge in [-0.25, -0.2) is 14.2 Å². The van der Waals surface area contributed by atoms with Crippen LogP contribution in [0.15, 0.2) is 11.0 Å². The average Bonchev–Trinajstić information content (AvgIpc) is 2.82. The monoisotopic (exact) mass is 294 g/mol. The Labute approximate surface area is 118 Å². The lowest BCUT2D eigenvalue weighted by molar-refractivity contribution is -0.145. The lowest BCUT2D eigenvalue weighted by atomic mass is 10.3. The van der Waals surface area contributed by atoms with Gasteiger partial charge in [-0.3, -0.25) is 9.59 Å². The van der Waals surface area contributed by atoms with E-state index in [-0.39, 0.29) is 11.9 Å². The Morgan fingerprint density at radius 1 is 1.48 bits per heavy atom. The van der Waals surface area contributed by atoms with Crippen LogP contribution < -0.4 is 10.9 Å². The fourth-order valence-electron chi connectivity index (χ4n) is 1.84. The number of ether oxygens (including phenoxy) is 1. The number of carbonyl (C=O) groups is 2. The number of rotatable bonds is 4. The number of aromatic nitrogens is 5. The van der Waals surface area contributed by atoms with E-state index in [4.69, 9.17) is 0 Å². The Hall–Kier alpha value is -2.78. The zero-order chi connectivity index (χ0) is 15.6. The minimum absolute atomic E-state index is 0.178. The second kappa shape index (κ2) is 5.69. The van der Waals surface area contributed by atoms with Crippen LogP contribution in [0.1, 0.15) is 6.92 Å². The van der Waals surface area contributed by atoms with E-state index in [1.165, 1.54) is 24.9 Å². The highest BCUT2D eigenvalue weighted by atomic mass is 16.5. The predicted molar refractivity (Wildman–Crippen MR) is 70.2 cm³/mol. The number of fused-ring (bicyclic) bond motifs is 1. The first-order valence-corrected chi connectivity index (χ1v) is 6.04. The number of amides is 1. The molecule has 2 rings (SSSR count). The number of nitrogens with zero attached hydrogens (tertiary/aromatic N) is 5. The minimum atomic E-state index is -1.02. The number of aryl methyl sites for hydroxylation is 1. The van der Waals surface area contributed by atoms with Crippen LogP contribution in [0.5, 0.6) is 0 Å². The van der Waals surface area contributed by atoms with Gasteiger partial charge < -0.3 is 10.1 Å². The fourth-order valence-corrected chi connectivity index (χ4v) is 1.84. The summed E-state index contributed by atoms with van der Waals surface area (Å²) in [6, 6.07) is -1.02. The highest BCUT2D eigenvalue weighted by molar-refractivity contribution is 5.83. The molecule has 2 aromatic heterocycles. The topological polar surface area (TPSA) is 121 Å². The minimum Gasteiger partial charge on any atom is -0.467 e. The van der Waals surface area contributed by atoms with Crippen molar-refractivity contribution in [2.75, 3.05) is 7.11 Å². The Balaban J connectivity index is 2.36. The summed E-state index contributed by atoms with van der Waals surface area (Å²) < 4.78 is 6.99. The van der Waals surface area contributed by atoms with Crippen LogP contribution in [-0.4, -0.2) is 49.8 Å². The van der Waals surface area contributed by atoms with Gasteiger partial charge in [0.1, 0.15) is 11.4 Å². The van der Waals surface area contributed by atoms with E-state index in [1.807, 2.05) is 0 Å². The van der Waals surface area contributed by atoms with Gasteiger partial charge in [0.2, 0.25) is 5.91 Å². The molecule has 2 aromatic rings. The van der Waals surface area contributed by atoms with Gasteiger partial charge in [0.05, 0.1) is 19.9 Å². The number of nitrogens with one attached hydrogen (secondary N) is 1. The van der Waals surface area contributed by atoms with Crippen LogP contribution in [0, 0.1) is 0 Å². The molecule has 10 heteroatoms. The molecular formula is C11H14N6O4. The molecule has 2 heterocycles. The molecule has 0 aliphatic rings. The van der Waals surface area contributed by atoms with Gasteiger partial charge in [-0.05, 0) is 0 Å². The maximum absolute atomic E-state index is 12.2. The maximum atomic E-state index is 12.2. The maximum Gasteiger partial charge on any atom is 0.330 e. The van der Waals surface area contributed by atoms with E-state index in [0.717, 1.165) is 4.68 Å². The Morgan fingerprint density at radius 2 is 2.19 bits per heavy atom. The zero-order valence-corrected chi connectivity index (χ0v) is 11.7. The highest BCUT2D eigenvalue weighted by Gasteiger charge is 2.22. The molecule has 0 fully saturated rings. The van der Waals surface area contributed by atoms with Crippen LogP contribution in [0.2, 0.25) is 0 Å². The quantitative estimate of drug-likeness (QED) is 0.660. The lowest BCUT2D eigenvalue weighted by Crippen LogP contribution is -2.45. The molecule has 0 bridgehead atoms. The number of esters is 1. The molecule has 0 aliphatic carbocycles. The number of hydrogen-bond acceptors (Lipinski definition) is 7. The van der Waals surface area contributed by atoms with Crippen molar-refractivity contribution in [1.82, 2.24) is 30.1 Å². The number of methoxy groups -OCH3 is 1. The summed E-state index contributed by atoms with van der Waals surface area (Å²) in [6.07, 6.45) is 1.37. The second-order valence-corrected chi connectivity index (χ2v) is 4.36. The first-order chi connectivity index (χ1) is 9.93. The molecule has 21 heavy (non-hydrogen) atoms. The van der Waals surface area contributed by atoms with Gasteiger partial charge in [-0.15, -0.1) is 5.10 Å². The summed E-state index contributed by atoms with van der Waals surface area (Å²) >= 11 is 0.